The number of aromatic nitrogens is 5. The molecule has 0 radical (unpaired) electrons. The van der Waals surface area contributed by atoms with Gasteiger partial charge in [0.25, 0.3) is 0 Å². The molecule has 3 aliphatic rings. The number of likely N-dealkylation sites (tertiary alicyclic amines) is 1. The Morgan fingerprint density at radius 2 is 2.06 bits per heavy atom. The third-order valence-electron chi connectivity index (χ3n) is 6.74. The van der Waals surface area contributed by atoms with Crippen LogP contribution in [0.2, 0.25) is 0 Å². The third-order valence-corrected chi connectivity index (χ3v) is 6.74. The van der Waals surface area contributed by atoms with Crippen molar-refractivity contribution in [1.82, 2.24) is 40.3 Å². The first-order valence-electron chi connectivity index (χ1n) is 11.0. The summed E-state index contributed by atoms with van der Waals surface area (Å²) in [5.41, 5.74) is 1.26. The number of amides is 1. The number of carbonyl (C=O) groups is 2. The number of hydrogen-bond donors (Lipinski definition) is 2. The molecule has 2 N–H and O–H groups in total. The van der Waals surface area contributed by atoms with Crippen LogP contribution in [0.5, 0.6) is 0 Å². The Morgan fingerprint density at radius 1 is 1.24 bits per heavy atom. The van der Waals surface area contributed by atoms with E-state index < -0.39 is 11.6 Å². The average Bonchev–Trinajstić information content (AvgIpc) is 3.48. The van der Waals surface area contributed by atoms with Crippen LogP contribution in [0.1, 0.15) is 31.4 Å². The number of β-amino-alcohol motifs (C(OH)–C–C–N with tert-alkyl or cyclic N) is 1. The number of piperazine rings is 1. The van der Waals surface area contributed by atoms with Gasteiger partial charge in [0.15, 0.2) is 5.82 Å². The van der Waals surface area contributed by atoms with Gasteiger partial charge >= 0.3 is 5.97 Å². The largest absolute Gasteiger partial charge is 0.456 e. The third kappa shape index (κ3) is 4.01. The van der Waals surface area contributed by atoms with E-state index in [0.717, 1.165) is 0 Å². The summed E-state index contributed by atoms with van der Waals surface area (Å²) in [6.07, 6.45) is 3.65. The van der Waals surface area contributed by atoms with Crippen LogP contribution in [0.3, 0.4) is 0 Å². The zero-order valence-corrected chi connectivity index (χ0v) is 18.3. The molecule has 174 valence electrons. The summed E-state index contributed by atoms with van der Waals surface area (Å²) in [6.45, 7) is 4.86. The molecule has 2 saturated heterocycles. The molecule has 0 aromatic carbocycles. The zero-order chi connectivity index (χ0) is 23.0. The highest BCUT2D eigenvalue weighted by Crippen LogP contribution is 2.31. The number of tetrazole rings is 1. The summed E-state index contributed by atoms with van der Waals surface area (Å²) >= 11 is 0. The molecule has 0 aliphatic carbocycles. The topological polar surface area (TPSA) is 139 Å². The molecule has 12 heteroatoms. The number of cyclic esters (lactones) is 1. The number of aliphatic hydroxyl groups is 1. The van der Waals surface area contributed by atoms with Gasteiger partial charge in [-0.3, -0.25) is 4.79 Å². The lowest BCUT2D eigenvalue weighted by Crippen LogP contribution is -2.67. The van der Waals surface area contributed by atoms with Crippen LogP contribution in [0.15, 0.2) is 35.9 Å². The van der Waals surface area contributed by atoms with Gasteiger partial charge in [-0.2, -0.15) is 4.68 Å². The maximum absolute atomic E-state index is 13.4. The van der Waals surface area contributed by atoms with E-state index in [2.05, 4.69) is 30.7 Å². The van der Waals surface area contributed by atoms with E-state index >= 15 is 0 Å². The average molecular weight is 454 g/mol. The summed E-state index contributed by atoms with van der Waals surface area (Å²) < 4.78 is 6.55. The maximum atomic E-state index is 13.4. The van der Waals surface area contributed by atoms with E-state index in [-0.39, 0.29) is 18.5 Å². The molecular weight excluding hydrogens is 428 g/mol. The predicted octanol–water partition coefficient (Wildman–Crippen LogP) is -0.812. The van der Waals surface area contributed by atoms with Crippen molar-refractivity contribution in [1.29, 1.82) is 0 Å². The standard InChI is InChI=1S/C21H26N8O4/c1-14-16(12-33-19(14)31)28-9-6-23-21(20(28)32)4-7-27(8-5-21)11-17(30)15-2-3-18(22-10-15)29-13-24-25-26-29/h2-3,10,13,17,23,30H,4-9,11-12H2,1H3. The van der Waals surface area contributed by atoms with Crippen molar-refractivity contribution < 1.29 is 19.4 Å². The Hall–Kier alpha value is -3.22. The van der Waals surface area contributed by atoms with Crippen molar-refractivity contribution in [2.24, 2.45) is 0 Å². The van der Waals surface area contributed by atoms with Gasteiger partial charge in [-0.15, -0.1) is 5.10 Å². The summed E-state index contributed by atoms with van der Waals surface area (Å²) in [6, 6.07) is 3.57. The number of hydrogen-bond acceptors (Lipinski definition) is 10. The number of esters is 1. The Morgan fingerprint density at radius 3 is 2.70 bits per heavy atom. The summed E-state index contributed by atoms with van der Waals surface area (Å²) in [5, 5.41) is 25.1. The van der Waals surface area contributed by atoms with E-state index in [1.165, 1.54) is 11.0 Å². The van der Waals surface area contributed by atoms with Gasteiger partial charge in [0.05, 0.1) is 17.4 Å². The van der Waals surface area contributed by atoms with Crippen LogP contribution >= 0.6 is 0 Å². The van der Waals surface area contributed by atoms with Crippen LogP contribution < -0.4 is 5.32 Å². The molecule has 33 heavy (non-hydrogen) atoms. The van der Waals surface area contributed by atoms with Crippen molar-refractivity contribution in [3.05, 3.63) is 41.5 Å². The second-order valence-corrected chi connectivity index (χ2v) is 8.63. The molecule has 3 aliphatic heterocycles. The van der Waals surface area contributed by atoms with E-state index in [1.54, 1.807) is 24.1 Å². The SMILES string of the molecule is CC1=C(N2CCNC3(CCN(CC(O)c4ccc(-n5cnnn5)nc4)CC3)C2=O)COC1=O. The lowest BCUT2D eigenvalue weighted by atomic mass is 9.84. The normalized spacial score (nSPS) is 22.2. The van der Waals surface area contributed by atoms with Crippen molar-refractivity contribution in [3.8, 4) is 5.82 Å². The monoisotopic (exact) mass is 454 g/mol. The van der Waals surface area contributed by atoms with Crippen LogP contribution in [0.4, 0.5) is 0 Å². The van der Waals surface area contributed by atoms with Gasteiger partial charge in [-0.25, -0.2) is 9.78 Å². The smallest absolute Gasteiger partial charge is 0.336 e. The number of nitrogens with one attached hydrogen (secondary N) is 1. The Kier molecular flexibility index (Phi) is 5.64. The quantitative estimate of drug-likeness (QED) is 0.552. The molecule has 1 spiro atoms. The lowest BCUT2D eigenvalue weighted by Gasteiger charge is -2.47. The number of aliphatic hydroxyl groups excluding tert-OH is 1. The van der Waals surface area contributed by atoms with Crippen molar-refractivity contribution >= 4 is 11.9 Å². The zero-order valence-electron chi connectivity index (χ0n) is 18.3. The van der Waals surface area contributed by atoms with E-state index in [9.17, 15) is 14.7 Å². The molecule has 2 fully saturated rings. The van der Waals surface area contributed by atoms with E-state index in [0.29, 0.717) is 68.2 Å². The number of ether oxygens (including phenoxy) is 1. The first-order valence-corrected chi connectivity index (χ1v) is 11.0. The summed E-state index contributed by atoms with van der Waals surface area (Å²) in [7, 11) is 0. The van der Waals surface area contributed by atoms with Gasteiger partial charge < -0.3 is 25.0 Å². The van der Waals surface area contributed by atoms with Gasteiger partial charge in [-0.1, -0.05) is 6.07 Å². The van der Waals surface area contributed by atoms with Gasteiger partial charge in [-0.05, 0) is 36.3 Å². The Bertz CT molecular complexity index is 1060. The fourth-order valence-corrected chi connectivity index (χ4v) is 4.70. The van der Waals surface area contributed by atoms with Crippen LogP contribution in [-0.4, -0.2) is 96.8 Å². The highest BCUT2D eigenvalue weighted by Gasteiger charge is 2.47. The van der Waals surface area contributed by atoms with Crippen molar-refractivity contribution in [2.75, 3.05) is 39.3 Å². The minimum atomic E-state index is -0.699. The van der Waals surface area contributed by atoms with Gasteiger partial charge in [0.1, 0.15) is 18.5 Å². The van der Waals surface area contributed by atoms with E-state index in [1.807, 2.05) is 6.07 Å². The molecule has 2 aromatic heterocycles. The van der Waals surface area contributed by atoms with Gasteiger partial charge in [0.2, 0.25) is 5.91 Å². The van der Waals surface area contributed by atoms with Crippen LogP contribution in [0, 0.1) is 0 Å². The Balaban J connectivity index is 1.20. The minimum absolute atomic E-state index is 0.00369. The highest BCUT2D eigenvalue weighted by molar-refractivity contribution is 5.94. The fourth-order valence-electron chi connectivity index (χ4n) is 4.70. The second-order valence-electron chi connectivity index (χ2n) is 8.63. The molecule has 1 atom stereocenters. The minimum Gasteiger partial charge on any atom is -0.456 e. The number of rotatable bonds is 5. The second kappa shape index (κ2) is 8.61. The molecule has 1 unspecified atom stereocenters. The molecule has 5 rings (SSSR count). The van der Waals surface area contributed by atoms with Crippen molar-refractivity contribution in [2.45, 2.75) is 31.4 Å². The maximum Gasteiger partial charge on any atom is 0.336 e. The van der Waals surface area contributed by atoms with E-state index in [4.69, 9.17) is 4.74 Å². The van der Waals surface area contributed by atoms with Crippen LogP contribution in [-0.2, 0) is 14.3 Å². The number of nitrogens with zero attached hydrogens (tertiary/aromatic N) is 7. The first-order chi connectivity index (χ1) is 16.0. The number of carbonyl (C=O) groups excluding carboxylic acids is 2. The molecule has 0 saturated carbocycles. The Labute approximate surface area is 190 Å². The summed E-state index contributed by atoms with van der Waals surface area (Å²) in [4.78, 5) is 33.4. The fraction of sp³-hybridized carbons (Fsp3) is 0.524. The number of pyridine rings is 1. The molecule has 5 heterocycles. The number of piperidine rings is 1. The first kappa shape index (κ1) is 21.6. The lowest BCUT2D eigenvalue weighted by molar-refractivity contribution is -0.142. The molecule has 1 amide bonds. The highest BCUT2D eigenvalue weighted by atomic mass is 16.5. The van der Waals surface area contributed by atoms with Gasteiger partial charge in [0, 0.05) is 44.5 Å². The molecule has 12 nitrogen and oxygen atoms in total. The van der Waals surface area contributed by atoms with Crippen molar-refractivity contribution in [3.63, 3.8) is 0 Å². The van der Waals surface area contributed by atoms with Crippen LogP contribution in [0.25, 0.3) is 5.82 Å². The molecular formula is C21H26N8O4. The molecule has 2 aromatic rings. The summed E-state index contributed by atoms with van der Waals surface area (Å²) in [5.74, 6) is 0.223. The predicted molar refractivity (Wildman–Crippen MR) is 114 cm³/mol. The molecule has 0 bridgehead atoms.